The van der Waals surface area contributed by atoms with Crippen LogP contribution in [0.3, 0.4) is 0 Å². The Bertz CT molecular complexity index is 1450. The number of quaternary nitrogens is 1. The predicted octanol–water partition coefficient (Wildman–Crippen LogP) is 13.4. The fourth-order valence-corrected chi connectivity index (χ4v) is 21.0. The van der Waals surface area contributed by atoms with Gasteiger partial charge in [0.05, 0.1) is 32.1 Å². The van der Waals surface area contributed by atoms with Crippen molar-refractivity contribution in [2.24, 2.45) is 5.41 Å². The van der Waals surface area contributed by atoms with Crippen LogP contribution >= 0.6 is 0 Å². The molecule has 11 heteroatoms. The van der Waals surface area contributed by atoms with E-state index in [-0.39, 0.29) is 10.3 Å². The molecule has 0 aliphatic heterocycles. The number of nitrogens with zero attached hydrogens (tertiary/aromatic N) is 1. The molecule has 2 aromatic rings. The Morgan fingerprint density at radius 3 is 1.50 bits per heavy atom. The summed E-state index contributed by atoms with van der Waals surface area (Å²) >= 11 is 0. The van der Waals surface area contributed by atoms with Crippen molar-refractivity contribution in [3.8, 4) is 0 Å². The van der Waals surface area contributed by atoms with Crippen LogP contribution < -0.4 is 0 Å². The van der Waals surface area contributed by atoms with Crippen LogP contribution in [0.25, 0.3) is 0 Å². The zero-order valence-corrected chi connectivity index (χ0v) is 43.6. The van der Waals surface area contributed by atoms with Crippen LogP contribution in [0.5, 0.6) is 0 Å². The van der Waals surface area contributed by atoms with Gasteiger partial charge in [-0.2, -0.15) is 0 Å². The van der Waals surface area contributed by atoms with Crippen molar-refractivity contribution < 1.29 is 30.4 Å². The molecule has 58 heavy (non-hydrogen) atoms. The van der Waals surface area contributed by atoms with E-state index in [1.165, 1.54) is 120 Å². The second-order valence-corrected chi connectivity index (χ2v) is 34.8. The molecule has 0 aromatic heterocycles. The Kier molecular flexibility index (Phi) is 25.6. The van der Waals surface area contributed by atoms with Crippen LogP contribution in [0.2, 0.25) is 51.9 Å². The third-order valence-electron chi connectivity index (χ3n) is 10.1. The molecule has 0 radical (unpaired) electrons. The number of aryl methyl sites for hydroxylation is 2. The molecule has 0 fully saturated rings. The molecular weight excluding hydrogens is 791 g/mol. The number of ether oxygens (including phenoxy) is 1. The maximum atomic E-state index is 10.4. The highest BCUT2D eigenvalue weighted by Crippen LogP contribution is 2.27. The summed E-state index contributed by atoms with van der Waals surface area (Å²) in [6.07, 6.45) is 22.1. The summed E-state index contributed by atoms with van der Waals surface area (Å²) in [7, 11) is -5.04. The van der Waals surface area contributed by atoms with E-state index < -0.39 is 35.3 Å². The summed E-state index contributed by atoms with van der Waals surface area (Å²) < 4.78 is 51.8. The van der Waals surface area contributed by atoms with Gasteiger partial charge in [0.25, 0.3) is 0 Å². The predicted molar refractivity (Wildman–Crippen MR) is 255 cm³/mol. The average Bonchev–Trinajstić information content (AvgIpc) is 3.06. The molecule has 336 valence electrons. The molecule has 0 amide bonds. The minimum absolute atomic E-state index is 0.113. The van der Waals surface area contributed by atoms with Gasteiger partial charge < -0.3 is 22.0 Å². The van der Waals surface area contributed by atoms with Gasteiger partial charge in [0.15, 0.2) is 16.6 Å². The highest BCUT2D eigenvalue weighted by atomic mass is 32.2. The molecule has 0 spiro atoms. The summed E-state index contributed by atoms with van der Waals surface area (Å²) in [6.45, 7) is 28.5. The van der Waals surface area contributed by atoms with Crippen molar-refractivity contribution in [3.63, 3.8) is 0 Å². The maximum Gasteiger partial charge on any atom is 0.314 e. The van der Waals surface area contributed by atoms with E-state index >= 15 is 0 Å². The topological polar surface area (TPSA) is 84.9 Å². The van der Waals surface area contributed by atoms with Crippen LogP contribution in [0.4, 0.5) is 0 Å². The van der Waals surface area contributed by atoms with Crippen LogP contribution in [-0.2, 0) is 36.1 Å². The van der Waals surface area contributed by atoms with Gasteiger partial charge in [-0.3, -0.25) is 0 Å². The van der Waals surface area contributed by atoms with Gasteiger partial charge in [-0.1, -0.05) is 146 Å². The van der Waals surface area contributed by atoms with Crippen molar-refractivity contribution in [2.75, 3.05) is 33.9 Å². The molecule has 7 nitrogen and oxygen atoms in total. The Morgan fingerprint density at radius 1 is 0.638 bits per heavy atom. The van der Waals surface area contributed by atoms with Crippen molar-refractivity contribution in [3.05, 3.63) is 65.2 Å². The van der Waals surface area contributed by atoms with E-state index in [0.717, 1.165) is 48.8 Å². The van der Waals surface area contributed by atoms with Gasteiger partial charge in [-0.05, 0) is 95.8 Å². The second-order valence-electron chi connectivity index (χ2n) is 20.6. The van der Waals surface area contributed by atoms with Crippen molar-refractivity contribution in [1.82, 2.24) is 0 Å². The molecule has 0 bridgehead atoms. The van der Waals surface area contributed by atoms with Crippen molar-refractivity contribution in [1.29, 1.82) is 0 Å². The molecule has 2 rings (SSSR count). The Hall–Kier alpha value is -1.16. The highest BCUT2D eigenvalue weighted by molar-refractivity contribution is 7.85. The lowest BCUT2D eigenvalue weighted by atomic mass is 9.93. The van der Waals surface area contributed by atoms with Crippen LogP contribution in [0, 0.1) is 12.3 Å². The molecule has 0 aliphatic rings. The standard InChI is InChI=1S/C40H82NO3Si3.C7H8O3S/c1-13-14-15-16-17-18-19-20-21-22-23-24-25-26-28-38-29-31-39(32-30-38)35-41(4,5)36-40(2,3)37-42-33-27-34-47(12,43-45(6,7)8)44-46(9,10)11;1-6-2-4-7(5-3-6)11(8,9)10/h29-32H,13-28,33-37H2,1-12H3;2-5H,1H3,(H,8,9,10)/q+1;/p-1. The first-order chi connectivity index (χ1) is 26.8. The number of unbranched alkanes of at least 4 members (excludes halogenated alkanes) is 13. The van der Waals surface area contributed by atoms with E-state index in [4.69, 9.17) is 13.0 Å². The van der Waals surface area contributed by atoms with Gasteiger partial charge >= 0.3 is 8.56 Å². The lowest BCUT2D eigenvalue weighted by Crippen LogP contribution is -2.52. The third-order valence-corrected chi connectivity index (χ3v) is 20.5. The molecule has 0 aliphatic carbocycles. The first-order valence-electron chi connectivity index (χ1n) is 22.7. The van der Waals surface area contributed by atoms with Gasteiger partial charge in [0, 0.05) is 17.6 Å². The molecule has 2 aromatic carbocycles. The van der Waals surface area contributed by atoms with Gasteiger partial charge in [-0.25, -0.2) is 8.42 Å². The first-order valence-corrected chi connectivity index (χ1v) is 33.5. The van der Waals surface area contributed by atoms with Crippen LogP contribution in [0.15, 0.2) is 53.4 Å². The van der Waals surface area contributed by atoms with Gasteiger partial charge in [0.1, 0.15) is 16.7 Å². The molecule has 0 saturated heterocycles. The quantitative estimate of drug-likeness (QED) is 0.0336. The Balaban J connectivity index is 0.00000131. The summed E-state index contributed by atoms with van der Waals surface area (Å²) in [5.74, 6) is 0. The normalized spacial score (nSPS) is 13.1. The Labute approximate surface area is 362 Å². The van der Waals surface area contributed by atoms with E-state index in [2.05, 4.69) is 105 Å². The fourth-order valence-electron chi connectivity index (χ4n) is 8.06. The largest absolute Gasteiger partial charge is 0.744 e. The van der Waals surface area contributed by atoms with Crippen LogP contribution in [-0.4, -0.2) is 76.5 Å². The SMILES string of the molecule is CCCCCCCCCCCCCCCCc1ccc(C[N+](C)(C)CC(C)(C)COCCC[Si](C)(O[Si](C)(C)C)O[Si](C)(C)C)cc1.Cc1ccc(S(=O)(=O)[O-])cc1. The first kappa shape index (κ1) is 54.9. The zero-order valence-electron chi connectivity index (χ0n) is 39.8. The number of benzene rings is 2. The number of hydrogen-bond donors (Lipinski definition) is 0. The minimum atomic E-state index is -4.27. The lowest BCUT2D eigenvalue weighted by molar-refractivity contribution is -0.909. The third kappa shape index (κ3) is 29.2. The van der Waals surface area contributed by atoms with E-state index in [1.54, 1.807) is 12.1 Å². The van der Waals surface area contributed by atoms with Gasteiger partial charge in [0.2, 0.25) is 0 Å². The molecule has 0 unspecified atom stereocenters. The molecule has 0 saturated carbocycles. The smallest absolute Gasteiger partial charge is 0.314 e. The summed E-state index contributed by atoms with van der Waals surface area (Å²) in [4.78, 5) is -0.178. The average molecular weight is 881 g/mol. The van der Waals surface area contributed by atoms with E-state index in [0.29, 0.717) is 0 Å². The van der Waals surface area contributed by atoms with Crippen LogP contribution in [0.1, 0.15) is 134 Å². The molecule has 0 N–H and O–H groups in total. The fraction of sp³-hybridized carbons (Fsp3) is 0.745. The summed E-state index contributed by atoms with van der Waals surface area (Å²) in [6, 6.07) is 16.3. The minimum Gasteiger partial charge on any atom is -0.744 e. The number of hydrogen-bond acceptors (Lipinski definition) is 6. The van der Waals surface area contributed by atoms with Gasteiger partial charge in [-0.15, -0.1) is 0 Å². The molecule has 0 atom stereocenters. The van der Waals surface area contributed by atoms with Crippen molar-refractivity contribution >= 4 is 35.3 Å². The Morgan fingerprint density at radius 2 is 1.07 bits per heavy atom. The van der Waals surface area contributed by atoms with E-state index in [9.17, 15) is 13.0 Å². The maximum absolute atomic E-state index is 10.4. The summed E-state index contributed by atoms with van der Waals surface area (Å²) in [5, 5.41) is 0. The molecular formula is C47H89NO6SSi3. The number of rotatable bonds is 30. The monoisotopic (exact) mass is 880 g/mol. The molecule has 0 heterocycles. The second kappa shape index (κ2) is 27.0. The summed E-state index contributed by atoms with van der Waals surface area (Å²) in [5.41, 5.74) is 3.97. The lowest BCUT2D eigenvalue weighted by Gasteiger charge is -2.39. The zero-order chi connectivity index (χ0) is 43.9. The van der Waals surface area contributed by atoms with E-state index in [1.807, 2.05) is 6.92 Å². The van der Waals surface area contributed by atoms with Crippen molar-refractivity contribution in [2.45, 2.75) is 194 Å². The highest BCUT2D eigenvalue weighted by Gasteiger charge is 2.40.